The van der Waals surface area contributed by atoms with Crippen LogP contribution in [0.4, 0.5) is 33.2 Å². The molecule has 2 saturated heterocycles. The van der Waals surface area contributed by atoms with Crippen LogP contribution in [0.5, 0.6) is 5.75 Å². The summed E-state index contributed by atoms with van der Waals surface area (Å²) in [5, 5.41) is 17.0. The minimum atomic E-state index is -1.18. The highest BCUT2D eigenvalue weighted by atomic mass is 79.9. The van der Waals surface area contributed by atoms with Gasteiger partial charge in [0.15, 0.2) is 0 Å². The number of piperazine rings is 1. The van der Waals surface area contributed by atoms with Crippen LogP contribution < -0.4 is 20.3 Å². The normalized spacial score (nSPS) is 17.4. The number of anilines is 5. The molecule has 9 nitrogen and oxygen atoms in total. The molecule has 42 heavy (non-hydrogen) atoms. The van der Waals surface area contributed by atoms with Crippen molar-refractivity contribution in [3.8, 4) is 5.75 Å². The third kappa shape index (κ3) is 6.96. The van der Waals surface area contributed by atoms with Gasteiger partial charge >= 0.3 is 0 Å². The number of likely N-dealkylation sites (N-methyl/N-ethyl adjacent to an activating group) is 1. The largest absolute Gasteiger partial charge is 0.494 e. The molecule has 1 aromatic heterocycles. The predicted molar refractivity (Wildman–Crippen MR) is 170 cm³/mol. The minimum absolute atomic E-state index is 0.348. The number of aryl methyl sites for hydroxylation is 1. The van der Waals surface area contributed by atoms with Gasteiger partial charge in [-0.2, -0.15) is 4.98 Å². The smallest absolute Gasteiger partial charge is 0.229 e. The Kier molecular flexibility index (Phi) is 9.22. The predicted octanol–water partition coefficient (Wildman–Crippen LogP) is 5.63. The van der Waals surface area contributed by atoms with Gasteiger partial charge in [-0.15, -0.1) is 0 Å². The lowest BCUT2D eigenvalue weighted by molar-refractivity contribution is 0.0793. The van der Waals surface area contributed by atoms with Crippen molar-refractivity contribution in [2.24, 2.45) is 0 Å². The molecule has 5 rings (SSSR count). The van der Waals surface area contributed by atoms with Crippen molar-refractivity contribution in [2.45, 2.75) is 45.3 Å². The van der Waals surface area contributed by atoms with Crippen LogP contribution in [0.15, 0.2) is 41.0 Å². The number of piperidine rings is 1. The Bertz CT molecular complexity index is 1400. The van der Waals surface area contributed by atoms with Gasteiger partial charge in [-0.3, -0.25) is 4.90 Å². The number of benzene rings is 2. The zero-order valence-electron chi connectivity index (χ0n) is 25.0. The van der Waals surface area contributed by atoms with E-state index < -0.39 is 11.4 Å². The summed E-state index contributed by atoms with van der Waals surface area (Å²) in [4.78, 5) is 16.6. The standard InChI is InChI=1S/C31H41BrFN7O2/c1-20-16-26(28(42-5)18-27(20)40-10-8-22(9-11-40)39-14-12-38(4)13-15-39)36-30-34-19-24(32)29(37-30)35-25-17-21(33)6-7-23(25)31(2,3)41/h6-7,16-19,22,41H,8-15H2,1-5H3,(H2,34,35,36,37). The highest BCUT2D eigenvalue weighted by molar-refractivity contribution is 9.10. The molecular weight excluding hydrogens is 601 g/mol. The number of aliphatic hydroxyl groups is 1. The molecule has 0 spiro atoms. The minimum Gasteiger partial charge on any atom is -0.494 e. The lowest BCUT2D eigenvalue weighted by Crippen LogP contribution is -2.52. The Balaban J connectivity index is 1.31. The molecule has 3 heterocycles. The highest BCUT2D eigenvalue weighted by Gasteiger charge is 2.28. The fourth-order valence-corrected chi connectivity index (χ4v) is 6.15. The molecular formula is C31H41BrFN7O2. The van der Waals surface area contributed by atoms with Gasteiger partial charge in [0.1, 0.15) is 17.4 Å². The zero-order chi connectivity index (χ0) is 30.0. The van der Waals surface area contributed by atoms with Gasteiger partial charge in [0.05, 0.1) is 22.9 Å². The Labute approximate surface area is 256 Å². The number of nitrogens with zero attached hydrogens (tertiary/aromatic N) is 5. The van der Waals surface area contributed by atoms with Crippen molar-refractivity contribution < 1.29 is 14.2 Å². The van der Waals surface area contributed by atoms with Crippen molar-refractivity contribution >= 4 is 44.8 Å². The molecule has 0 radical (unpaired) electrons. The quantitative estimate of drug-likeness (QED) is 0.290. The van der Waals surface area contributed by atoms with Crippen LogP contribution >= 0.6 is 15.9 Å². The topological polar surface area (TPSA) is 89.0 Å². The van der Waals surface area contributed by atoms with Gasteiger partial charge in [0.25, 0.3) is 0 Å². The summed E-state index contributed by atoms with van der Waals surface area (Å²) in [5.74, 6) is 1.06. The second-order valence-electron chi connectivity index (χ2n) is 11.8. The maximum atomic E-state index is 14.1. The van der Waals surface area contributed by atoms with E-state index >= 15 is 0 Å². The molecule has 2 aromatic carbocycles. The number of hydrogen-bond acceptors (Lipinski definition) is 9. The SMILES string of the molecule is COc1cc(N2CCC(N3CCN(C)CC3)CC2)c(C)cc1Nc1ncc(Br)c(Nc2cc(F)ccc2C(C)(C)O)n1. The second kappa shape index (κ2) is 12.7. The molecule has 226 valence electrons. The van der Waals surface area contributed by atoms with Gasteiger partial charge in [0, 0.05) is 74.5 Å². The first kappa shape index (κ1) is 30.5. The zero-order valence-corrected chi connectivity index (χ0v) is 26.6. The van der Waals surface area contributed by atoms with Gasteiger partial charge in [-0.25, -0.2) is 9.37 Å². The van der Waals surface area contributed by atoms with Crippen LogP contribution in [0.25, 0.3) is 0 Å². The molecule has 0 atom stereocenters. The van der Waals surface area contributed by atoms with Gasteiger partial charge in [-0.1, -0.05) is 6.07 Å². The molecule has 2 aliphatic rings. The molecule has 3 aromatic rings. The van der Waals surface area contributed by atoms with Gasteiger partial charge < -0.3 is 30.3 Å². The summed E-state index contributed by atoms with van der Waals surface area (Å²) >= 11 is 3.49. The number of ether oxygens (including phenoxy) is 1. The van der Waals surface area contributed by atoms with Crippen LogP contribution in [-0.4, -0.2) is 84.3 Å². The molecule has 0 amide bonds. The first-order chi connectivity index (χ1) is 20.0. The van der Waals surface area contributed by atoms with Crippen LogP contribution in [-0.2, 0) is 5.60 Å². The van der Waals surface area contributed by atoms with E-state index in [2.05, 4.69) is 77.3 Å². The maximum absolute atomic E-state index is 14.1. The molecule has 2 fully saturated rings. The van der Waals surface area contributed by atoms with E-state index in [9.17, 15) is 9.50 Å². The first-order valence-electron chi connectivity index (χ1n) is 14.5. The van der Waals surface area contributed by atoms with E-state index in [0.29, 0.717) is 39.3 Å². The number of halogens is 2. The monoisotopic (exact) mass is 641 g/mol. The van der Waals surface area contributed by atoms with Crippen molar-refractivity contribution in [3.05, 3.63) is 57.9 Å². The van der Waals surface area contributed by atoms with Crippen LogP contribution in [0, 0.1) is 12.7 Å². The fraction of sp³-hybridized carbons (Fsp3) is 0.484. The van der Waals surface area contributed by atoms with Crippen LogP contribution in [0.2, 0.25) is 0 Å². The third-order valence-corrected chi connectivity index (χ3v) is 8.84. The van der Waals surface area contributed by atoms with Gasteiger partial charge in [-0.05, 0) is 80.4 Å². The van der Waals surface area contributed by atoms with Crippen molar-refractivity contribution in [1.82, 2.24) is 19.8 Å². The summed E-state index contributed by atoms with van der Waals surface area (Å²) in [7, 11) is 3.87. The van der Waals surface area contributed by atoms with E-state index in [1.165, 1.54) is 17.8 Å². The maximum Gasteiger partial charge on any atom is 0.229 e. The lowest BCUT2D eigenvalue weighted by atomic mass is 9.96. The van der Waals surface area contributed by atoms with E-state index in [0.717, 1.165) is 63.4 Å². The summed E-state index contributed by atoms with van der Waals surface area (Å²) in [5.41, 5.74) is 2.86. The molecule has 3 N–H and O–H groups in total. The Morgan fingerprint density at radius 1 is 1.02 bits per heavy atom. The molecule has 11 heteroatoms. The lowest BCUT2D eigenvalue weighted by Gasteiger charge is -2.43. The number of hydrogen-bond donors (Lipinski definition) is 3. The average molecular weight is 643 g/mol. The van der Waals surface area contributed by atoms with Crippen molar-refractivity contribution in [3.63, 3.8) is 0 Å². The molecule has 0 saturated carbocycles. The summed E-state index contributed by atoms with van der Waals surface area (Å²) in [6, 6.07) is 9.05. The van der Waals surface area contributed by atoms with E-state index in [4.69, 9.17) is 4.74 Å². The highest BCUT2D eigenvalue weighted by Crippen LogP contribution is 2.37. The summed E-state index contributed by atoms with van der Waals surface area (Å²) < 4.78 is 20.5. The van der Waals surface area contributed by atoms with E-state index in [1.54, 1.807) is 33.2 Å². The fourth-order valence-electron chi connectivity index (χ4n) is 5.86. The number of nitrogens with one attached hydrogen (secondary N) is 2. The number of rotatable bonds is 8. The van der Waals surface area contributed by atoms with E-state index in [-0.39, 0.29) is 0 Å². The molecule has 0 unspecified atom stereocenters. The Morgan fingerprint density at radius 2 is 1.74 bits per heavy atom. The number of aromatic nitrogens is 2. The average Bonchev–Trinajstić information content (AvgIpc) is 2.95. The van der Waals surface area contributed by atoms with Gasteiger partial charge in [0.2, 0.25) is 5.95 Å². The van der Waals surface area contributed by atoms with Crippen LogP contribution in [0.1, 0.15) is 37.8 Å². The second-order valence-corrected chi connectivity index (χ2v) is 12.6. The Morgan fingerprint density at radius 3 is 2.40 bits per heavy atom. The summed E-state index contributed by atoms with van der Waals surface area (Å²) in [6.07, 6.45) is 3.95. The molecule has 0 bridgehead atoms. The summed E-state index contributed by atoms with van der Waals surface area (Å²) in [6.45, 7) is 12.1. The molecule has 2 aliphatic heterocycles. The van der Waals surface area contributed by atoms with E-state index in [1.807, 2.05) is 0 Å². The van der Waals surface area contributed by atoms with Crippen molar-refractivity contribution in [2.75, 3.05) is 69.0 Å². The third-order valence-electron chi connectivity index (χ3n) is 8.26. The van der Waals surface area contributed by atoms with Crippen LogP contribution in [0.3, 0.4) is 0 Å². The number of methoxy groups -OCH3 is 1. The molecule has 0 aliphatic carbocycles. The first-order valence-corrected chi connectivity index (χ1v) is 15.3. The van der Waals surface area contributed by atoms with Crippen molar-refractivity contribution in [1.29, 1.82) is 0 Å². The Hall–Kier alpha value is -2.99.